The van der Waals surface area contributed by atoms with E-state index in [0.29, 0.717) is 0 Å². The Bertz CT molecular complexity index is 412. The van der Waals surface area contributed by atoms with Crippen LogP contribution in [0.2, 0.25) is 38.3 Å². The van der Waals surface area contributed by atoms with Gasteiger partial charge in [0.1, 0.15) is 0 Å². The Labute approximate surface area is 219 Å². The number of halogens is 2. The molecule has 7 heteroatoms. The van der Waals surface area contributed by atoms with E-state index in [1.54, 1.807) is 0 Å². The highest BCUT2D eigenvalue weighted by molar-refractivity contribution is 6.84. The summed E-state index contributed by atoms with van der Waals surface area (Å²) in [6.45, 7) is 18.3. The summed E-state index contributed by atoms with van der Waals surface area (Å²) in [7, 11) is 1.93. The molecule has 2 rings (SSSR count). The molecule has 0 unspecified atom stereocenters. The molecule has 0 aromatic heterocycles. The molecule has 0 spiro atoms. The number of rotatable bonds is 10. The van der Waals surface area contributed by atoms with Crippen molar-refractivity contribution in [2.75, 3.05) is 53.4 Å². The molecule has 2 heterocycles. The molecule has 176 valence electrons. The molecular formula is C22H50I2N2OSi2. The summed E-state index contributed by atoms with van der Waals surface area (Å²) in [5, 5.41) is 0. The number of quaternary nitrogens is 2. The van der Waals surface area contributed by atoms with Crippen LogP contribution in [0.1, 0.15) is 51.4 Å². The van der Waals surface area contributed by atoms with Crippen LogP contribution in [0, 0.1) is 0 Å². The second kappa shape index (κ2) is 13.5. The standard InChI is InChI=1S/C22H50N2OSi2.2HI/c1-23(15-9-7-10-16-23)19-13-21-26(3,4)25-27(5,6)22-14-20-24(2)17-11-8-12-18-24;;/h7-22H2,1-6H3;2*1H/q+2;;/p-2. The number of nitrogens with zero attached hydrogens (tertiary/aromatic N) is 2. The average Bonchev–Trinajstić information content (AvgIpc) is 2.54. The molecule has 0 N–H and O–H groups in total. The van der Waals surface area contributed by atoms with E-state index in [4.69, 9.17) is 4.12 Å². The average molecular weight is 669 g/mol. The van der Waals surface area contributed by atoms with Crippen LogP contribution < -0.4 is 48.0 Å². The van der Waals surface area contributed by atoms with E-state index in [1.165, 1.54) is 112 Å². The molecule has 2 saturated heterocycles. The van der Waals surface area contributed by atoms with Crippen molar-refractivity contribution in [2.24, 2.45) is 0 Å². The van der Waals surface area contributed by atoms with Crippen molar-refractivity contribution in [1.82, 2.24) is 0 Å². The summed E-state index contributed by atoms with van der Waals surface area (Å²) in [4.78, 5) is 0. The Morgan fingerprint density at radius 3 is 1.21 bits per heavy atom. The van der Waals surface area contributed by atoms with Crippen LogP contribution in [0.3, 0.4) is 0 Å². The van der Waals surface area contributed by atoms with Crippen molar-refractivity contribution in [2.45, 2.75) is 89.6 Å². The van der Waals surface area contributed by atoms with Gasteiger partial charge < -0.3 is 61.0 Å². The molecule has 3 nitrogen and oxygen atoms in total. The first-order valence-corrected chi connectivity index (χ1v) is 18.1. The van der Waals surface area contributed by atoms with Gasteiger partial charge in [-0.25, -0.2) is 0 Å². The van der Waals surface area contributed by atoms with Crippen LogP contribution in [0.4, 0.5) is 0 Å². The zero-order valence-electron chi connectivity index (χ0n) is 20.4. The summed E-state index contributed by atoms with van der Waals surface area (Å²) >= 11 is 0. The van der Waals surface area contributed by atoms with E-state index in [2.05, 4.69) is 40.3 Å². The van der Waals surface area contributed by atoms with Crippen molar-refractivity contribution in [3.05, 3.63) is 0 Å². The molecule has 29 heavy (non-hydrogen) atoms. The second-order valence-corrected chi connectivity index (χ2v) is 20.4. The van der Waals surface area contributed by atoms with Gasteiger partial charge in [0.15, 0.2) is 16.6 Å². The van der Waals surface area contributed by atoms with Gasteiger partial charge in [0.25, 0.3) is 0 Å². The lowest BCUT2D eigenvalue weighted by atomic mass is 10.1. The SMILES string of the molecule is C[N+]1(CCC[Si](C)(C)O[Si](C)(C)CCC[N+]2(C)CCCCC2)CCCCC1.[I-].[I-]. The van der Waals surface area contributed by atoms with Gasteiger partial charge in [-0.05, 0) is 89.6 Å². The maximum absolute atomic E-state index is 6.93. The highest BCUT2D eigenvalue weighted by Gasteiger charge is 2.34. The maximum atomic E-state index is 6.93. The van der Waals surface area contributed by atoms with E-state index in [-0.39, 0.29) is 48.0 Å². The van der Waals surface area contributed by atoms with Gasteiger partial charge in [-0.2, -0.15) is 0 Å². The Hall–Kier alpha value is 1.77. The molecule has 0 saturated carbocycles. The second-order valence-electron chi connectivity index (χ2n) is 11.5. The van der Waals surface area contributed by atoms with Crippen LogP contribution in [-0.2, 0) is 4.12 Å². The topological polar surface area (TPSA) is 9.23 Å². The highest BCUT2D eigenvalue weighted by Crippen LogP contribution is 2.26. The summed E-state index contributed by atoms with van der Waals surface area (Å²) in [6.07, 6.45) is 11.4. The van der Waals surface area contributed by atoms with Gasteiger partial charge in [0, 0.05) is 0 Å². The van der Waals surface area contributed by atoms with Crippen LogP contribution in [0.25, 0.3) is 0 Å². The first-order chi connectivity index (χ1) is 12.5. The smallest absolute Gasteiger partial charge is 0.173 e. The minimum absolute atomic E-state index is 0. The summed E-state index contributed by atoms with van der Waals surface area (Å²) in [5.41, 5.74) is 0. The fourth-order valence-electron chi connectivity index (χ4n) is 5.62. The lowest BCUT2D eigenvalue weighted by Gasteiger charge is -2.40. The lowest BCUT2D eigenvalue weighted by Crippen LogP contribution is -3.00. The van der Waals surface area contributed by atoms with E-state index < -0.39 is 16.6 Å². The molecule has 0 aromatic carbocycles. The normalized spacial score (nSPS) is 21.7. The van der Waals surface area contributed by atoms with Gasteiger partial charge in [-0.3, -0.25) is 0 Å². The van der Waals surface area contributed by atoms with Crippen LogP contribution in [0.5, 0.6) is 0 Å². The minimum Gasteiger partial charge on any atom is -1.00 e. The Morgan fingerprint density at radius 2 is 0.897 bits per heavy atom. The van der Waals surface area contributed by atoms with Crippen molar-refractivity contribution >= 4 is 16.6 Å². The van der Waals surface area contributed by atoms with Crippen molar-refractivity contribution in [3.63, 3.8) is 0 Å². The van der Waals surface area contributed by atoms with Crippen molar-refractivity contribution in [3.8, 4) is 0 Å². The number of hydrogen-bond acceptors (Lipinski definition) is 1. The first-order valence-electron chi connectivity index (χ1n) is 11.9. The summed E-state index contributed by atoms with van der Waals surface area (Å²) < 4.78 is 9.58. The summed E-state index contributed by atoms with van der Waals surface area (Å²) in [5.74, 6) is 0. The van der Waals surface area contributed by atoms with Crippen LogP contribution in [0.15, 0.2) is 0 Å². The van der Waals surface area contributed by atoms with Gasteiger partial charge in [0.2, 0.25) is 0 Å². The minimum atomic E-state index is -1.52. The van der Waals surface area contributed by atoms with Gasteiger partial charge in [0.05, 0.1) is 53.4 Å². The molecular weight excluding hydrogens is 618 g/mol. The molecule has 0 aromatic rings. The molecule has 2 fully saturated rings. The first kappa shape index (κ1) is 30.8. The quantitative estimate of drug-likeness (QED) is 0.173. The Kier molecular flexibility index (Phi) is 14.3. The van der Waals surface area contributed by atoms with Crippen LogP contribution in [-0.4, -0.2) is 79.0 Å². The predicted octanol–water partition coefficient (Wildman–Crippen LogP) is -0.538. The fourth-order valence-corrected chi connectivity index (χ4v) is 14.4. The molecule has 2 aliphatic heterocycles. The molecule has 0 amide bonds. The van der Waals surface area contributed by atoms with E-state index >= 15 is 0 Å². The zero-order chi connectivity index (χ0) is 20.0. The monoisotopic (exact) mass is 668 g/mol. The summed E-state index contributed by atoms with van der Waals surface area (Å²) in [6, 6.07) is 2.70. The Balaban J connectivity index is 0.00000392. The number of likely N-dealkylation sites (tertiary alicyclic amines) is 2. The number of piperidine rings is 2. The van der Waals surface area contributed by atoms with E-state index in [0.717, 1.165) is 0 Å². The van der Waals surface area contributed by atoms with E-state index in [9.17, 15) is 0 Å². The largest absolute Gasteiger partial charge is 1.00 e. The van der Waals surface area contributed by atoms with Gasteiger partial charge in [-0.15, -0.1) is 0 Å². The fraction of sp³-hybridized carbons (Fsp3) is 1.00. The molecule has 0 bridgehead atoms. The third kappa shape index (κ3) is 12.0. The number of hydrogen-bond donors (Lipinski definition) is 0. The predicted molar refractivity (Wildman–Crippen MR) is 124 cm³/mol. The third-order valence-electron chi connectivity index (χ3n) is 7.30. The van der Waals surface area contributed by atoms with Gasteiger partial charge >= 0.3 is 0 Å². The van der Waals surface area contributed by atoms with Crippen LogP contribution >= 0.6 is 0 Å². The highest BCUT2D eigenvalue weighted by atomic mass is 127. The molecule has 0 atom stereocenters. The van der Waals surface area contributed by atoms with Crippen molar-refractivity contribution in [1.29, 1.82) is 0 Å². The van der Waals surface area contributed by atoms with E-state index in [1.807, 2.05) is 0 Å². The molecule has 0 radical (unpaired) electrons. The zero-order valence-corrected chi connectivity index (χ0v) is 26.7. The molecule has 2 aliphatic rings. The lowest BCUT2D eigenvalue weighted by molar-refractivity contribution is -0.914. The third-order valence-corrected chi connectivity index (χ3v) is 14.8. The van der Waals surface area contributed by atoms with Crippen molar-refractivity contribution < 1.29 is 61.0 Å². The molecule has 0 aliphatic carbocycles. The maximum Gasteiger partial charge on any atom is 0.173 e. The van der Waals surface area contributed by atoms with Gasteiger partial charge in [-0.1, -0.05) is 0 Å². The Morgan fingerprint density at radius 1 is 0.586 bits per heavy atom.